The highest BCUT2D eigenvalue weighted by atomic mass is 16.5. The number of rotatable bonds is 5. The molecule has 2 N–H and O–H groups in total. The average molecular weight is 415 g/mol. The van der Waals surface area contributed by atoms with Crippen LogP contribution in [0.3, 0.4) is 0 Å². The van der Waals surface area contributed by atoms with Crippen molar-refractivity contribution >= 4 is 17.2 Å². The first-order valence-corrected chi connectivity index (χ1v) is 9.86. The van der Waals surface area contributed by atoms with Crippen LogP contribution in [0.1, 0.15) is 5.56 Å². The number of carbonyl (C=O) groups excluding carboxylic acids is 1. The summed E-state index contributed by atoms with van der Waals surface area (Å²) in [6.45, 7) is 3.22. The Morgan fingerprint density at radius 2 is 2.06 bits per heavy atom. The van der Waals surface area contributed by atoms with Crippen LogP contribution in [-0.2, 0) is 4.79 Å². The smallest absolute Gasteiger partial charge is 0.298 e. The molecule has 0 bridgehead atoms. The van der Waals surface area contributed by atoms with E-state index in [1.165, 1.54) is 6.20 Å². The van der Waals surface area contributed by atoms with E-state index in [0.29, 0.717) is 56.2 Å². The number of terminal acetylenes is 1. The zero-order chi connectivity index (χ0) is 21.8. The van der Waals surface area contributed by atoms with Crippen molar-refractivity contribution < 1.29 is 9.53 Å². The summed E-state index contributed by atoms with van der Waals surface area (Å²) in [6, 6.07) is 7.94. The van der Waals surface area contributed by atoms with Crippen LogP contribution >= 0.6 is 0 Å². The van der Waals surface area contributed by atoms with Crippen molar-refractivity contribution in [1.29, 1.82) is 5.26 Å². The predicted molar refractivity (Wildman–Crippen MR) is 115 cm³/mol. The third-order valence-corrected chi connectivity index (χ3v) is 5.17. The Morgan fingerprint density at radius 3 is 2.71 bits per heavy atom. The molecular formula is C22H21N7O2. The van der Waals surface area contributed by atoms with Gasteiger partial charge in [0.15, 0.2) is 0 Å². The molecule has 0 unspecified atom stereocenters. The van der Waals surface area contributed by atoms with Crippen LogP contribution in [0.25, 0.3) is 16.6 Å². The number of nitrogens with zero attached hydrogens (tertiary/aromatic N) is 6. The molecule has 9 nitrogen and oxygen atoms in total. The van der Waals surface area contributed by atoms with Gasteiger partial charge in [-0.3, -0.25) is 4.79 Å². The van der Waals surface area contributed by atoms with Gasteiger partial charge in [-0.15, -0.1) is 6.42 Å². The Labute approximate surface area is 179 Å². The first kappa shape index (κ1) is 20.2. The molecule has 1 aliphatic heterocycles. The lowest BCUT2D eigenvalue weighted by Gasteiger charge is -2.34. The molecule has 3 aromatic rings. The lowest BCUT2D eigenvalue weighted by Crippen LogP contribution is -2.48. The number of aromatic nitrogens is 3. The Hall–Kier alpha value is -4.08. The number of pyridine rings is 2. The number of hydrogen-bond acceptors (Lipinski definition) is 7. The summed E-state index contributed by atoms with van der Waals surface area (Å²) in [5, 5.41) is 13.8. The van der Waals surface area contributed by atoms with Gasteiger partial charge in [0.2, 0.25) is 0 Å². The third kappa shape index (κ3) is 4.00. The van der Waals surface area contributed by atoms with E-state index in [-0.39, 0.29) is 5.91 Å². The topological polar surface area (TPSA) is 113 Å². The highest BCUT2D eigenvalue weighted by Gasteiger charge is 2.21. The van der Waals surface area contributed by atoms with Crippen molar-refractivity contribution in [3.8, 4) is 35.3 Å². The Bertz CT molecular complexity index is 1180. The molecule has 1 fully saturated rings. The summed E-state index contributed by atoms with van der Waals surface area (Å²) in [7, 11) is 0. The number of fused-ring (bicyclic) bond motifs is 1. The summed E-state index contributed by atoms with van der Waals surface area (Å²) in [6.07, 6.45) is 10.2. The van der Waals surface area contributed by atoms with Gasteiger partial charge in [-0.1, -0.05) is 0 Å². The van der Waals surface area contributed by atoms with Crippen molar-refractivity contribution in [2.75, 3.05) is 44.2 Å². The highest BCUT2D eigenvalue weighted by molar-refractivity contribution is 5.93. The molecule has 4 heterocycles. The molecule has 1 amide bonds. The van der Waals surface area contributed by atoms with Crippen LogP contribution in [0.2, 0.25) is 0 Å². The predicted octanol–water partition coefficient (Wildman–Crippen LogP) is 0.887. The third-order valence-electron chi connectivity index (χ3n) is 5.17. The highest BCUT2D eigenvalue weighted by Crippen LogP contribution is 2.31. The summed E-state index contributed by atoms with van der Waals surface area (Å²) < 4.78 is 7.32. The van der Waals surface area contributed by atoms with Gasteiger partial charge >= 0.3 is 0 Å². The molecule has 0 aliphatic carbocycles. The van der Waals surface area contributed by atoms with Crippen molar-refractivity contribution in [2.45, 2.75) is 0 Å². The fraction of sp³-hybridized carbons (Fsp3) is 0.273. The maximum absolute atomic E-state index is 11.7. The zero-order valence-electron chi connectivity index (χ0n) is 16.9. The number of nitriles is 1. The molecule has 0 atom stereocenters. The first-order valence-electron chi connectivity index (χ1n) is 9.86. The van der Waals surface area contributed by atoms with E-state index in [4.69, 9.17) is 16.9 Å². The summed E-state index contributed by atoms with van der Waals surface area (Å²) in [5.41, 5.74) is 8.35. The van der Waals surface area contributed by atoms with Crippen molar-refractivity contribution in [2.24, 2.45) is 5.73 Å². The second kappa shape index (κ2) is 8.74. The monoisotopic (exact) mass is 415 g/mol. The summed E-state index contributed by atoms with van der Waals surface area (Å²) in [4.78, 5) is 20.0. The second-order valence-electron chi connectivity index (χ2n) is 7.02. The molecule has 0 spiro atoms. The average Bonchev–Trinajstić information content (AvgIpc) is 3.25. The fourth-order valence-electron chi connectivity index (χ4n) is 3.62. The molecule has 1 aliphatic rings. The van der Waals surface area contributed by atoms with Crippen LogP contribution in [0, 0.1) is 23.7 Å². The van der Waals surface area contributed by atoms with E-state index in [2.05, 4.69) is 27.0 Å². The number of amides is 1. The normalized spacial score (nSPS) is 13.6. The molecule has 0 radical (unpaired) electrons. The van der Waals surface area contributed by atoms with E-state index >= 15 is 0 Å². The number of hydrogen-bond donors (Lipinski definition) is 1. The van der Waals surface area contributed by atoms with Crippen LogP contribution < -0.4 is 15.4 Å². The maximum atomic E-state index is 11.7. The summed E-state index contributed by atoms with van der Waals surface area (Å²) in [5.74, 6) is 3.31. The van der Waals surface area contributed by atoms with Gasteiger partial charge in [-0.2, -0.15) is 10.4 Å². The molecule has 31 heavy (non-hydrogen) atoms. The molecule has 1 saturated heterocycles. The number of ether oxygens (including phenoxy) is 1. The van der Waals surface area contributed by atoms with E-state index in [9.17, 15) is 10.1 Å². The SMILES string of the molecule is C#CC(=O)N1CCN(c2ccc(-c3cc(OCCN)cn4ncc(C#N)c34)cn2)CC1. The van der Waals surface area contributed by atoms with Crippen LogP contribution in [0.4, 0.5) is 5.82 Å². The molecule has 3 aromatic heterocycles. The van der Waals surface area contributed by atoms with E-state index in [1.54, 1.807) is 21.8 Å². The van der Waals surface area contributed by atoms with Gasteiger partial charge in [0.1, 0.15) is 24.2 Å². The van der Waals surface area contributed by atoms with Crippen molar-refractivity contribution in [1.82, 2.24) is 19.5 Å². The number of carbonyl (C=O) groups is 1. The van der Waals surface area contributed by atoms with Crippen molar-refractivity contribution in [3.63, 3.8) is 0 Å². The Kier molecular flexibility index (Phi) is 5.69. The zero-order valence-corrected chi connectivity index (χ0v) is 16.9. The Morgan fingerprint density at radius 1 is 1.26 bits per heavy atom. The van der Waals surface area contributed by atoms with Gasteiger partial charge in [0.05, 0.1) is 23.5 Å². The fourth-order valence-corrected chi connectivity index (χ4v) is 3.62. The lowest BCUT2D eigenvalue weighted by molar-refractivity contribution is -0.125. The number of piperazine rings is 1. The molecule has 0 saturated carbocycles. The molecule has 9 heteroatoms. The quantitative estimate of drug-likeness (QED) is 0.616. The first-order chi connectivity index (χ1) is 15.1. The summed E-state index contributed by atoms with van der Waals surface area (Å²) >= 11 is 0. The minimum Gasteiger partial charge on any atom is -0.491 e. The largest absolute Gasteiger partial charge is 0.491 e. The molecule has 0 aromatic carbocycles. The molecule has 156 valence electrons. The lowest BCUT2D eigenvalue weighted by atomic mass is 10.1. The minimum absolute atomic E-state index is 0.280. The second-order valence-corrected chi connectivity index (χ2v) is 7.02. The standard InChI is InChI=1S/C22H21N7O2/c1-2-21(30)28-8-6-27(7-9-28)20-4-3-16(13-25-20)19-11-18(31-10-5-23)15-29-22(19)17(12-24)14-26-29/h1,3-4,11,13-15H,5-10,23H2. The van der Waals surface area contributed by atoms with Crippen LogP contribution in [-0.4, -0.2) is 64.7 Å². The van der Waals surface area contributed by atoms with Crippen LogP contribution in [0.15, 0.2) is 36.8 Å². The van der Waals surface area contributed by atoms with Gasteiger partial charge in [-0.25, -0.2) is 9.50 Å². The minimum atomic E-state index is -0.280. The van der Waals surface area contributed by atoms with Gasteiger partial charge in [0.25, 0.3) is 5.91 Å². The maximum Gasteiger partial charge on any atom is 0.298 e. The van der Waals surface area contributed by atoms with E-state index in [0.717, 1.165) is 16.9 Å². The molecule has 4 rings (SSSR count). The van der Waals surface area contributed by atoms with E-state index < -0.39 is 0 Å². The molecular weight excluding hydrogens is 394 g/mol. The van der Waals surface area contributed by atoms with Crippen molar-refractivity contribution in [3.05, 3.63) is 42.4 Å². The Balaban J connectivity index is 1.62. The van der Waals surface area contributed by atoms with Gasteiger partial charge in [-0.05, 0) is 24.1 Å². The van der Waals surface area contributed by atoms with Crippen LogP contribution in [0.5, 0.6) is 5.75 Å². The number of anilines is 1. The van der Waals surface area contributed by atoms with Gasteiger partial charge in [0, 0.05) is 50.0 Å². The van der Waals surface area contributed by atoms with E-state index in [1.807, 2.05) is 18.2 Å². The number of nitrogens with two attached hydrogens (primary N) is 1. The van der Waals surface area contributed by atoms with Gasteiger partial charge < -0.3 is 20.3 Å².